The Bertz CT molecular complexity index is 741. The van der Waals surface area contributed by atoms with Crippen LogP contribution in [0.15, 0.2) is 45.8 Å². The first-order valence-electron chi connectivity index (χ1n) is 8.46. The maximum absolute atomic E-state index is 13.4. The van der Waals surface area contributed by atoms with Crippen LogP contribution < -0.4 is 4.90 Å². The van der Waals surface area contributed by atoms with Crippen molar-refractivity contribution in [2.75, 3.05) is 18.5 Å². The number of phenolic OH excluding ortho intramolecular Hbond substituents is 1. The van der Waals surface area contributed by atoms with Gasteiger partial charge in [0.25, 0.3) is 0 Å². The molecule has 3 nitrogen and oxygen atoms in total. The van der Waals surface area contributed by atoms with Gasteiger partial charge in [-0.2, -0.15) is 0 Å². The maximum Gasteiger partial charge on any atom is 0.131 e. The second-order valence-corrected chi connectivity index (χ2v) is 8.34. The van der Waals surface area contributed by atoms with Gasteiger partial charge < -0.3 is 10.0 Å². The average molecular weight is 425 g/mol. The van der Waals surface area contributed by atoms with Crippen molar-refractivity contribution in [2.24, 2.45) is 0 Å². The standard InChI is InChI=1S/C19H22BrFN2OS/c1-3-4-5-15-12-23(14-8-6-13(21)7-9-14)17-10-16(20)18(24)11-19(17)25-22(15)2/h6-11,15,24H,3-5,12H2,1-2H3. The van der Waals surface area contributed by atoms with Crippen molar-refractivity contribution >= 4 is 39.3 Å². The van der Waals surface area contributed by atoms with E-state index in [4.69, 9.17) is 0 Å². The molecule has 0 amide bonds. The Hall–Kier alpha value is -1.24. The van der Waals surface area contributed by atoms with Gasteiger partial charge in [-0.15, -0.1) is 0 Å². The molecule has 1 atom stereocenters. The lowest BCUT2D eigenvalue weighted by Crippen LogP contribution is -2.35. The zero-order valence-corrected chi connectivity index (χ0v) is 16.8. The Morgan fingerprint density at radius 2 is 2.00 bits per heavy atom. The van der Waals surface area contributed by atoms with Gasteiger partial charge in [0.05, 0.1) is 15.1 Å². The van der Waals surface area contributed by atoms with Crippen LogP contribution in [0, 0.1) is 5.82 Å². The van der Waals surface area contributed by atoms with Gasteiger partial charge >= 0.3 is 0 Å². The zero-order valence-electron chi connectivity index (χ0n) is 14.4. The zero-order chi connectivity index (χ0) is 18.0. The summed E-state index contributed by atoms with van der Waals surface area (Å²) in [5, 5.41) is 10.1. The number of anilines is 2. The third-order valence-electron chi connectivity index (χ3n) is 4.50. The molecule has 2 aromatic rings. The first kappa shape index (κ1) is 18.5. The first-order valence-corrected chi connectivity index (χ1v) is 10.0. The molecular formula is C19H22BrFN2OS. The first-order chi connectivity index (χ1) is 12.0. The van der Waals surface area contributed by atoms with Crippen LogP contribution in [0.4, 0.5) is 15.8 Å². The molecule has 1 N–H and O–H groups in total. The fourth-order valence-electron chi connectivity index (χ4n) is 3.05. The summed E-state index contributed by atoms with van der Waals surface area (Å²) in [6.07, 6.45) is 3.42. The number of aromatic hydroxyl groups is 1. The van der Waals surface area contributed by atoms with E-state index in [1.807, 2.05) is 18.2 Å². The fourth-order valence-corrected chi connectivity index (χ4v) is 4.44. The molecule has 0 aromatic heterocycles. The topological polar surface area (TPSA) is 26.7 Å². The molecule has 1 unspecified atom stereocenters. The van der Waals surface area contributed by atoms with Crippen LogP contribution in [0.5, 0.6) is 5.75 Å². The number of phenols is 1. The molecule has 1 aliphatic rings. The van der Waals surface area contributed by atoms with E-state index in [0.29, 0.717) is 10.5 Å². The molecule has 0 bridgehead atoms. The molecule has 2 aromatic carbocycles. The number of fused-ring (bicyclic) bond motifs is 1. The summed E-state index contributed by atoms with van der Waals surface area (Å²) in [7, 11) is 2.10. The highest BCUT2D eigenvalue weighted by Crippen LogP contribution is 2.44. The van der Waals surface area contributed by atoms with Crippen molar-refractivity contribution < 1.29 is 9.50 Å². The minimum atomic E-state index is -0.236. The number of hydrogen-bond donors (Lipinski definition) is 1. The normalized spacial score (nSPS) is 18.1. The molecule has 0 spiro atoms. The predicted octanol–water partition coefficient (Wildman–Crippen LogP) is 5.94. The summed E-state index contributed by atoms with van der Waals surface area (Å²) in [6.45, 7) is 3.02. The number of hydrogen-bond acceptors (Lipinski definition) is 4. The lowest BCUT2D eigenvalue weighted by molar-refractivity contribution is 0.382. The van der Waals surface area contributed by atoms with Gasteiger partial charge in [0.2, 0.25) is 0 Å². The largest absolute Gasteiger partial charge is 0.507 e. The van der Waals surface area contributed by atoms with Gasteiger partial charge in [-0.3, -0.25) is 0 Å². The summed E-state index contributed by atoms with van der Waals surface area (Å²) in [5.41, 5.74) is 1.98. The Labute approximate surface area is 161 Å². The van der Waals surface area contributed by atoms with E-state index >= 15 is 0 Å². The van der Waals surface area contributed by atoms with Crippen LogP contribution in [-0.2, 0) is 0 Å². The van der Waals surface area contributed by atoms with Crippen molar-refractivity contribution in [1.82, 2.24) is 4.31 Å². The Balaban J connectivity index is 2.05. The molecule has 0 radical (unpaired) electrons. The third-order valence-corrected chi connectivity index (χ3v) is 6.24. The summed E-state index contributed by atoms with van der Waals surface area (Å²) in [4.78, 5) is 3.21. The molecule has 0 saturated heterocycles. The molecule has 0 fully saturated rings. The lowest BCUT2D eigenvalue weighted by atomic mass is 10.1. The van der Waals surface area contributed by atoms with Crippen molar-refractivity contribution in [3.05, 3.63) is 46.7 Å². The number of halogens is 2. The van der Waals surface area contributed by atoms with E-state index in [1.54, 1.807) is 18.0 Å². The highest BCUT2D eigenvalue weighted by Gasteiger charge is 2.28. The number of unbranched alkanes of at least 4 members (excludes halogenated alkanes) is 1. The highest BCUT2D eigenvalue weighted by molar-refractivity contribution is 9.10. The van der Waals surface area contributed by atoms with Gasteiger partial charge in [-0.1, -0.05) is 19.8 Å². The van der Waals surface area contributed by atoms with E-state index in [9.17, 15) is 9.50 Å². The minimum Gasteiger partial charge on any atom is -0.507 e. The molecular weight excluding hydrogens is 403 g/mol. The number of likely N-dealkylation sites (N-methyl/N-ethyl adjacent to an activating group) is 1. The van der Waals surface area contributed by atoms with E-state index in [-0.39, 0.29) is 11.6 Å². The van der Waals surface area contributed by atoms with Crippen molar-refractivity contribution in [1.29, 1.82) is 0 Å². The monoisotopic (exact) mass is 424 g/mol. The second-order valence-electron chi connectivity index (χ2n) is 6.29. The number of nitrogens with zero attached hydrogens (tertiary/aromatic N) is 2. The fraction of sp³-hybridized carbons (Fsp3) is 0.368. The Morgan fingerprint density at radius 1 is 1.28 bits per heavy atom. The van der Waals surface area contributed by atoms with Crippen LogP contribution >= 0.6 is 27.9 Å². The number of rotatable bonds is 4. The maximum atomic E-state index is 13.4. The summed E-state index contributed by atoms with van der Waals surface area (Å²) < 4.78 is 16.3. The smallest absolute Gasteiger partial charge is 0.131 e. The van der Waals surface area contributed by atoms with E-state index < -0.39 is 0 Å². The van der Waals surface area contributed by atoms with Gasteiger partial charge in [0, 0.05) is 18.3 Å². The van der Waals surface area contributed by atoms with Crippen LogP contribution in [-0.4, -0.2) is 29.0 Å². The second kappa shape index (κ2) is 7.98. The average Bonchev–Trinajstić information content (AvgIpc) is 2.71. The Kier molecular flexibility index (Phi) is 5.92. The summed E-state index contributed by atoms with van der Waals surface area (Å²) in [6, 6.07) is 10.7. The SMILES string of the molecule is CCCCC1CN(c2ccc(F)cc2)c2cc(Br)c(O)cc2SN1C. The molecule has 1 heterocycles. The van der Waals surface area contributed by atoms with E-state index in [1.165, 1.54) is 12.1 Å². The molecule has 6 heteroatoms. The van der Waals surface area contributed by atoms with E-state index in [2.05, 4.69) is 39.1 Å². The molecule has 3 rings (SSSR count). The molecule has 0 aliphatic carbocycles. The van der Waals surface area contributed by atoms with Crippen molar-refractivity contribution in [3.8, 4) is 5.75 Å². The van der Waals surface area contributed by atoms with Gasteiger partial charge in [-0.05, 0) is 77.7 Å². The van der Waals surface area contributed by atoms with Crippen LogP contribution in [0.3, 0.4) is 0 Å². The van der Waals surface area contributed by atoms with Gasteiger partial charge in [-0.25, -0.2) is 8.70 Å². The van der Waals surface area contributed by atoms with Gasteiger partial charge in [0.15, 0.2) is 0 Å². The van der Waals surface area contributed by atoms with E-state index in [0.717, 1.165) is 42.1 Å². The Morgan fingerprint density at radius 3 is 2.68 bits per heavy atom. The molecule has 1 aliphatic heterocycles. The summed E-state index contributed by atoms with van der Waals surface area (Å²) >= 11 is 5.08. The van der Waals surface area contributed by atoms with Crippen molar-refractivity contribution in [3.63, 3.8) is 0 Å². The molecule has 134 valence electrons. The van der Waals surface area contributed by atoms with Crippen LogP contribution in [0.2, 0.25) is 0 Å². The van der Waals surface area contributed by atoms with Crippen molar-refractivity contribution in [2.45, 2.75) is 37.1 Å². The number of benzene rings is 2. The molecule has 25 heavy (non-hydrogen) atoms. The van der Waals surface area contributed by atoms with Crippen LogP contribution in [0.25, 0.3) is 0 Å². The lowest BCUT2D eigenvalue weighted by Gasteiger charge is -2.30. The third kappa shape index (κ3) is 4.13. The molecule has 0 saturated carbocycles. The quantitative estimate of drug-likeness (QED) is 0.613. The van der Waals surface area contributed by atoms with Crippen LogP contribution in [0.1, 0.15) is 26.2 Å². The summed E-state index contributed by atoms with van der Waals surface area (Å²) in [5.74, 6) is -0.00887. The predicted molar refractivity (Wildman–Crippen MR) is 106 cm³/mol. The minimum absolute atomic E-state index is 0.228. The van der Waals surface area contributed by atoms with Gasteiger partial charge in [0.1, 0.15) is 11.6 Å². The highest BCUT2D eigenvalue weighted by atomic mass is 79.9.